The number of pyridine rings is 1. The van der Waals surface area contributed by atoms with Crippen molar-refractivity contribution in [3.8, 4) is 22.6 Å². The quantitative estimate of drug-likeness (QED) is 0.378. The van der Waals surface area contributed by atoms with Gasteiger partial charge >= 0.3 is 18.4 Å². The molecule has 0 saturated heterocycles. The molecule has 3 aromatic rings. The maximum atomic E-state index is 12.7. The fraction of sp³-hybridized carbons (Fsp3) is 0.240. The first-order valence-corrected chi connectivity index (χ1v) is 11.0. The maximum Gasteiger partial charge on any atom is 0.573 e. The van der Waals surface area contributed by atoms with Crippen LogP contribution < -0.4 is 20.9 Å². The first-order chi connectivity index (χ1) is 17.5. The van der Waals surface area contributed by atoms with E-state index in [1.54, 1.807) is 31.2 Å². The van der Waals surface area contributed by atoms with Gasteiger partial charge in [0.1, 0.15) is 11.5 Å². The molecule has 0 unspecified atom stereocenters. The van der Waals surface area contributed by atoms with Crippen LogP contribution in [-0.4, -0.2) is 34.6 Å². The summed E-state index contributed by atoms with van der Waals surface area (Å²) in [4.78, 5) is 37.2. The highest BCUT2D eigenvalue weighted by Gasteiger charge is 2.31. The number of nitrogens with zero attached hydrogens (tertiary/aromatic N) is 1. The Balaban J connectivity index is 1.86. The summed E-state index contributed by atoms with van der Waals surface area (Å²) in [7, 11) is 1.45. The van der Waals surface area contributed by atoms with Gasteiger partial charge in [-0.3, -0.25) is 9.59 Å². The minimum absolute atomic E-state index is 0.123. The van der Waals surface area contributed by atoms with Crippen LogP contribution in [0.1, 0.15) is 24.9 Å². The van der Waals surface area contributed by atoms with Gasteiger partial charge in [-0.25, -0.2) is 4.79 Å². The highest BCUT2D eigenvalue weighted by molar-refractivity contribution is 5.91. The van der Waals surface area contributed by atoms with Gasteiger partial charge in [0.15, 0.2) is 5.69 Å². The van der Waals surface area contributed by atoms with E-state index in [0.717, 1.165) is 0 Å². The summed E-state index contributed by atoms with van der Waals surface area (Å²) in [5, 5.41) is 14.9. The zero-order chi connectivity index (χ0) is 27.2. The number of hydrogen-bond acceptors (Lipinski definition) is 6. The van der Waals surface area contributed by atoms with Crippen LogP contribution in [0, 0.1) is 0 Å². The fourth-order valence-electron chi connectivity index (χ4n) is 3.47. The Kier molecular flexibility index (Phi) is 8.43. The molecule has 9 nitrogen and oxygen atoms in total. The van der Waals surface area contributed by atoms with Crippen LogP contribution in [0.5, 0.6) is 11.5 Å². The molecule has 1 heterocycles. The average Bonchev–Trinajstić information content (AvgIpc) is 2.83. The average molecular weight is 519 g/mol. The molecule has 0 bridgehead atoms. The smallest absolute Gasteiger partial charge is 0.505 e. The molecule has 0 radical (unpaired) electrons. The number of rotatable bonds is 8. The highest BCUT2D eigenvalue weighted by Crippen LogP contribution is 2.29. The number of alkyl halides is 3. The lowest BCUT2D eigenvalue weighted by Crippen LogP contribution is -2.36. The Bertz CT molecular complexity index is 1320. The predicted octanol–water partition coefficient (Wildman–Crippen LogP) is 4.47. The van der Waals surface area contributed by atoms with Crippen molar-refractivity contribution >= 4 is 17.7 Å². The van der Waals surface area contributed by atoms with Crippen LogP contribution >= 0.6 is 0 Å². The molecule has 0 fully saturated rings. The number of aryl methyl sites for hydroxylation is 1. The molecule has 3 rings (SSSR count). The SMILES string of the molecule is CCOC(=O)C[C@H](NC(=O)Nc1c(O)ccn(C)c1=O)c1cccc(-c2ccc(OC(F)(F)F)cc2)c1. The van der Waals surface area contributed by atoms with Crippen molar-refractivity contribution in [3.05, 3.63) is 76.7 Å². The van der Waals surface area contributed by atoms with Crippen molar-refractivity contribution in [1.29, 1.82) is 0 Å². The fourth-order valence-corrected chi connectivity index (χ4v) is 3.47. The summed E-state index contributed by atoms with van der Waals surface area (Å²) in [6, 6.07) is 11.4. The van der Waals surface area contributed by atoms with Crippen molar-refractivity contribution in [1.82, 2.24) is 9.88 Å². The number of anilines is 1. The number of aromatic hydroxyl groups is 1. The predicted molar refractivity (Wildman–Crippen MR) is 128 cm³/mol. The van der Waals surface area contributed by atoms with Gasteiger partial charge in [-0.2, -0.15) is 0 Å². The van der Waals surface area contributed by atoms with Crippen molar-refractivity contribution in [2.24, 2.45) is 7.05 Å². The van der Waals surface area contributed by atoms with Crippen LogP contribution in [0.2, 0.25) is 0 Å². The summed E-state index contributed by atoms with van der Waals surface area (Å²) in [5.41, 5.74) is 0.668. The molecule has 196 valence electrons. The second kappa shape index (κ2) is 11.5. The summed E-state index contributed by atoms with van der Waals surface area (Å²) < 4.78 is 47.4. The third-order valence-electron chi connectivity index (χ3n) is 5.18. The number of nitrogens with one attached hydrogen (secondary N) is 2. The molecule has 1 atom stereocenters. The zero-order valence-corrected chi connectivity index (χ0v) is 19.8. The molecule has 0 saturated carbocycles. The van der Waals surface area contributed by atoms with E-state index in [2.05, 4.69) is 15.4 Å². The molecule has 0 aliphatic heterocycles. The third kappa shape index (κ3) is 7.50. The molecule has 2 amide bonds. The monoisotopic (exact) mass is 519 g/mol. The lowest BCUT2D eigenvalue weighted by atomic mass is 9.98. The van der Waals surface area contributed by atoms with Gasteiger partial charge in [0.25, 0.3) is 5.56 Å². The molecule has 1 aromatic heterocycles. The molecule has 37 heavy (non-hydrogen) atoms. The van der Waals surface area contributed by atoms with Crippen molar-refractivity contribution < 1.29 is 37.3 Å². The zero-order valence-electron chi connectivity index (χ0n) is 19.8. The minimum atomic E-state index is -4.81. The van der Waals surface area contributed by atoms with Crippen LogP contribution in [0.4, 0.5) is 23.7 Å². The lowest BCUT2D eigenvalue weighted by Gasteiger charge is -2.20. The van der Waals surface area contributed by atoms with E-state index in [9.17, 15) is 32.7 Å². The van der Waals surface area contributed by atoms with E-state index in [4.69, 9.17) is 4.74 Å². The number of halogens is 3. The van der Waals surface area contributed by atoms with Gasteiger partial charge in [0, 0.05) is 13.2 Å². The van der Waals surface area contributed by atoms with Gasteiger partial charge in [-0.15, -0.1) is 13.2 Å². The Morgan fingerprint density at radius 1 is 1.08 bits per heavy atom. The van der Waals surface area contributed by atoms with E-state index in [1.165, 1.54) is 48.1 Å². The van der Waals surface area contributed by atoms with E-state index < -0.39 is 35.7 Å². The van der Waals surface area contributed by atoms with Gasteiger partial charge in [-0.1, -0.05) is 30.3 Å². The number of aromatic nitrogens is 1. The van der Waals surface area contributed by atoms with Gasteiger partial charge in [-0.05, 0) is 47.9 Å². The first kappa shape index (κ1) is 27.1. The first-order valence-electron chi connectivity index (χ1n) is 11.0. The van der Waals surface area contributed by atoms with Gasteiger partial charge in [0.2, 0.25) is 0 Å². The van der Waals surface area contributed by atoms with Crippen LogP contribution in [0.25, 0.3) is 11.1 Å². The maximum absolute atomic E-state index is 12.7. The number of amides is 2. The van der Waals surface area contributed by atoms with Crippen molar-refractivity contribution in [2.75, 3.05) is 11.9 Å². The Morgan fingerprint density at radius 2 is 1.78 bits per heavy atom. The van der Waals surface area contributed by atoms with E-state index in [-0.39, 0.29) is 24.5 Å². The minimum Gasteiger partial charge on any atom is -0.505 e. The molecule has 2 aromatic carbocycles. The lowest BCUT2D eigenvalue weighted by molar-refractivity contribution is -0.274. The van der Waals surface area contributed by atoms with Crippen LogP contribution in [0.3, 0.4) is 0 Å². The Morgan fingerprint density at radius 3 is 2.43 bits per heavy atom. The molecule has 0 aliphatic rings. The second-order valence-corrected chi connectivity index (χ2v) is 7.85. The third-order valence-corrected chi connectivity index (χ3v) is 5.18. The molecule has 0 aliphatic carbocycles. The summed E-state index contributed by atoms with van der Waals surface area (Å²) in [6.45, 7) is 1.76. The topological polar surface area (TPSA) is 119 Å². The standard InChI is InChI=1S/C25H24F3N3O6/c1-3-36-21(33)14-19(29-24(35)30-22-20(32)11-12-31(2)23(22)34)17-6-4-5-16(13-17)15-7-9-18(10-8-15)37-25(26,27)28/h4-13,19,32H,3,14H2,1-2H3,(H2,29,30,35)/t19-/m0/s1. The van der Waals surface area contributed by atoms with Gasteiger partial charge in [0.05, 0.1) is 19.1 Å². The molecule has 12 heteroatoms. The molecular formula is C25H24F3N3O6. The molecule has 0 spiro atoms. The van der Waals surface area contributed by atoms with E-state index in [0.29, 0.717) is 16.7 Å². The molecular weight excluding hydrogens is 495 g/mol. The number of carbonyl (C=O) groups is 2. The van der Waals surface area contributed by atoms with Crippen LogP contribution in [0.15, 0.2) is 65.6 Å². The van der Waals surface area contributed by atoms with Gasteiger partial charge < -0.3 is 29.8 Å². The molecule has 3 N–H and O–H groups in total. The van der Waals surface area contributed by atoms with Crippen molar-refractivity contribution in [2.45, 2.75) is 25.7 Å². The Labute approximate surface area is 209 Å². The van der Waals surface area contributed by atoms with Crippen molar-refractivity contribution in [3.63, 3.8) is 0 Å². The largest absolute Gasteiger partial charge is 0.573 e. The summed E-state index contributed by atoms with van der Waals surface area (Å²) >= 11 is 0. The Hall–Kier alpha value is -4.48. The number of ether oxygens (including phenoxy) is 2. The number of esters is 1. The summed E-state index contributed by atoms with van der Waals surface area (Å²) in [5.74, 6) is -1.40. The highest BCUT2D eigenvalue weighted by atomic mass is 19.4. The number of benzene rings is 2. The number of carbonyl (C=O) groups excluding carboxylic acids is 2. The number of urea groups is 1. The summed E-state index contributed by atoms with van der Waals surface area (Å²) in [6.07, 6.45) is -3.73. The van der Waals surface area contributed by atoms with Crippen LogP contribution in [-0.2, 0) is 16.6 Å². The van der Waals surface area contributed by atoms with E-state index >= 15 is 0 Å². The second-order valence-electron chi connectivity index (χ2n) is 7.85. The number of hydrogen-bond donors (Lipinski definition) is 3. The normalized spacial score (nSPS) is 11.9. The van der Waals surface area contributed by atoms with E-state index in [1.807, 2.05) is 0 Å².